The van der Waals surface area contributed by atoms with Crippen LogP contribution in [0.4, 0.5) is 10.3 Å². The molecule has 1 aromatic heterocycles. The summed E-state index contributed by atoms with van der Waals surface area (Å²) < 4.78 is 15.1. The Hall–Kier alpha value is -2.07. The summed E-state index contributed by atoms with van der Waals surface area (Å²) in [6.45, 7) is 1.95. The highest BCUT2D eigenvalue weighted by atomic mass is 35.5. The van der Waals surface area contributed by atoms with Crippen LogP contribution in [0, 0.1) is 12.7 Å². The van der Waals surface area contributed by atoms with Crippen molar-refractivity contribution in [2.24, 2.45) is 0 Å². The molecule has 0 amide bonds. The quantitative estimate of drug-likeness (QED) is 0.736. The zero-order valence-corrected chi connectivity index (χ0v) is 10.9. The molecule has 5 heteroatoms. The van der Waals surface area contributed by atoms with E-state index in [4.69, 9.17) is 17.3 Å². The summed E-state index contributed by atoms with van der Waals surface area (Å²) in [7, 11) is 0. The number of halogens is 2. The van der Waals surface area contributed by atoms with Crippen LogP contribution >= 0.6 is 11.6 Å². The third-order valence-electron chi connectivity index (χ3n) is 3.06. The second-order valence-electron chi connectivity index (χ2n) is 4.34. The van der Waals surface area contributed by atoms with Crippen LogP contribution in [-0.2, 0) is 0 Å². The molecule has 1 heterocycles. The molecule has 0 fully saturated rings. The number of nitrogens with two attached hydrogens (primary N) is 1. The number of aromatic nitrogens is 2. The normalized spacial score (nSPS) is 11.1. The van der Waals surface area contributed by atoms with Gasteiger partial charge in [0.2, 0.25) is 5.95 Å². The first-order chi connectivity index (χ1) is 9.08. The van der Waals surface area contributed by atoms with E-state index in [1.807, 2.05) is 25.1 Å². The number of benzene rings is 2. The van der Waals surface area contributed by atoms with Gasteiger partial charge in [-0.05, 0) is 36.8 Å². The van der Waals surface area contributed by atoms with Gasteiger partial charge in [-0.1, -0.05) is 23.7 Å². The molecule has 0 aliphatic carbocycles. The largest absolute Gasteiger partial charge is 0.369 e. The number of aryl methyl sites for hydroxylation is 1. The van der Waals surface area contributed by atoms with E-state index in [1.54, 1.807) is 4.57 Å². The van der Waals surface area contributed by atoms with Crippen molar-refractivity contribution in [2.45, 2.75) is 6.92 Å². The van der Waals surface area contributed by atoms with E-state index in [-0.39, 0.29) is 11.8 Å². The molecule has 0 aliphatic rings. The topological polar surface area (TPSA) is 43.8 Å². The predicted molar refractivity (Wildman–Crippen MR) is 75.2 cm³/mol. The SMILES string of the molecule is Cc1cccc2c1nc(N)n2-c1cc(F)ccc1Cl. The molecule has 0 unspecified atom stereocenters. The number of para-hydroxylation sites is 1. The van der Waals surface area contributed by atoms with Crippen molar-refractivity contribution in [1.82, 2.24) is 9.55 Å². The number of imidazole rings is 1. The van der Waals surface area contributed by atoms with Gasteiger partial charge in [0, 0.05) is 0 Å². The maximum atomic E-state index is 13.4. The molecule has 0 aliphatic heterocycles. The van der Waals surface area contributed by atoms with E-state index in [9.17, 15) is 4.39 Å². The molecular weight excluding hydrogens is 265 g/mol. The first-order valence-corrected chi connectivity index (χ1v) is 6.14. The van der Waals surface area contributed by atoms with Crippen LogP contribution in [0.5, 0.6) is 0 Å². The summed E-state index contributed by atoms with van der Waals surface area (Å²) in [5.74, 6) is -0.0786. The summed E-state index contributed by atoms with van der Waals surface area (Å²) in [5.41, 5.74) is 9.05. The first kappa shape index (κ1) is 12.0. The van der Waals surface area contributed by atoms with E-state index < -0.39 is 0 Å². The molecule has 3 nitrogen and oxygen atoms in total. The monoisotopic (exact) mass is 275 g/mol. The van der Waals surface area contributed by atoms with Crippen LogP contribution in [0.3, 0.4) is 0 Å². The van der Waals surface area contributed by atoms with Crippen molar-refractivity contribution in [3.63, 3.8) is 0 Å². The van der Waals surface area contributed by atoms with Crippen LogP contribution in [0.1, 0.15) is 5.56 Å². The summed E-state index contributed by atoms with van der Waals surface area (Å²) >= 11 is 6.13. The van der Waals surface area contributed by atoms with Gasteiger partial charge in [-0.2, -0.15) is 0 Å². The highest BCUT2D eigenvalue weighted by Crippen LogP contribution is 2.29. The molecule has 0 atom stereocenters. The van der Waals surface area contributed by atoms with Crippen molar-refractivity contribution in [2.75, 3.05) is 5.73 Å². The van der Waals surface area contributed by atoms with Gasteiger partial charge < -0.3 is 5.73 Å². The Labute approximate surface area is 114 Å². The van der Waals surface area contributed by atoms with E-state index in [0.29, 0.717) is 10.7 Å². The van der Waals surface area contributed by atoms with Gasteiger partial charge in [-0.25, -0.2) is 9.37 Å². The van der Waals surface area contributed by atoms with E-state index in [0.717, 1.165) is 16.6 Å². The van der Waals surface area contributed by atoms with Crippen LogP contribution in [0.15, 0.2) is 36.4 Å². The molecule has 2 N–H and O–H groups in total. The number of rotatable bonds is 1. The van der Waals surface area contributed by atoms with Crippen molar-refractivity contribution < 1.29 is 4.39 Å². The molecule has 0 radical (unpaired) electrons. The number of fused-ring (bicyclic) bond motifs is 1. The van der Waals surface area contributed by atoms with Gasteiger partial charge >= 0.3 is 0 Å². The number of anilines is 1. The first-order valence-electron chi connectivity index (χ1n) is 5.77. The summed E-state index contributed by atoms with van der Waals surface area (Å²) in [6.07, 6.45) is 0. The van der Waals surface area contributed by atoms with Gasteiger partial charge in [0.25, 0.3) is 0 Å². The number of nitrogen functional groups attached to an aromatic ring is 1. The fraction of sp³-hybridized carbons (Fsp3) is 0.0714. The second-order valence-corrected chi connectivity index (χ2v) is 4.75. The summed E-state index contributed by atoms with van der Waals surface area (Å²) in [5, 5.41) is 0.425. The Balaban J connectivity index is 2.39. The molecule has 96 valence electrons. The summed E-state index contributed by atoms with van der Waals surface area (Å²) in [4.78, 5) is 4.32. The van der Waals surface area contributed by atoms with Crippen molar-refractivity contribution in [3.05, 3.63) is 52.8 Å². The van der Waals surface area contributed by atoms with Crippen molar-refractivity contribution >= 4 is 28.6 Å². The van der Waals surface area contributed by atoms with E-state index in [1.165, 1.54) is 18.2 Å². The highest BCUT2D eigenvalue weighted by Gasteiger charge is 2.14. The smallest absolute Gasteiger partial charge is 0.205 e. The highest BCUT2D eigenvalue weighted by molar-refractivity contribution is 6.32. The second kappa shape index (κ2) is 4.24. The molecule has 0 saturated carbocycles. The van der Waals surface area contributed by atoms with Crippen LogP contribution < -0.4 is 5.73 Å². The molecule has 3 rings (SSSR count). The maximum absolute atomic E-state index is 13.4. The molecular formula is C14H11ClFN3. The number of hydrogen-bond acceptors (Lipinski definition) is 2. The van der Waals surface area contributed by atoms with Crippen LogP contribution in [0.25, 0.3) is 16.7 Å². The fourth-order valence-electron chi connectivity index (χ4n) is 2.17. The Bertz CT molecular complexity index is 780. The number of hydrogen-bond donors (Lipinski definition) is 1. The van der Waals surface area contributed by atoms with Gasteiger partial charge in [-0.3, -0.25) is 4.57 Å². The molecule has 0 bridgehead atoms. The molecule has 0 spiro atoms. The summed E-state index contributed by atoms with van der Waals surface area (Å²) in [6, 6.07) is 9.91. The van der Waals surface area contributed by atoms with E-state index in [2.05, 4.69) is 4.98 Å². The van der Waals surface area contributed by atoms with Gasteiger partial charge in [0.05, 0.1) is 21.7 Å². The average Bonchev–Trinajstić information content (AvgIpc) is 2.70. The van der Waals surface area contributed by atoms with Gasteiger partial charge in [0.1, 0.15) is 5.82 Å². The lowest BCUT2D eigenvalue weighted by atomic mass is 10.2. The van der Waals surface area contributed by atoms with Crippen LogP contribution in [-0.4, -0.2) is 9.55 Å². The van der Waals surface area contributed by atoms with Crippen molar-refractivity contribution in [1.29, 1.82) is 0 Å². The molecule has 3 aromatic rings. The van der Waals surface area contributed by atoms with Crippen molar-refractivity contribution in [3.8, 4) is 5.69 Å². The van der Waals surface area contributed by atoms with E-state index >= 15 is 0 Å². The maximum Gasteiger partial charge on any atom is 0.205 e. The predicted octanol–water partition coefficient (Wildman–Crippen LogP) is 3.71. The lowest BCUT2D eigenvalue weighted by Crippen LogP contribution is -2.01. The number of nitrogens with zero attached hydrogens (tertiary/aromatic N) is 2. The molecule has 19 heavy (non-hydrogen) atoms. The minimum absolute atomic E-state index is 0.289. The standard InChI is InChI=1S/C14H11ClFN3/c1-8-3-2-4-11-13(8)18-14(17)19(11)12-7-9(16)5-6-10(12)15/h2-7H,1H3,(H2,17,18). The third kappa shape index (κ3) is 1.85. The fourth-order valence-corrected chi connectivity index (χ4v) is 2.37. The lowest BCUT2D eigenvalue weighted by molar-refractivity contribution is 0.627. The lowest BCUT2D eigenvalue weighted by Gasteiger charge is -2.08. The molecule has 2 aromatic carbocycles. The van der Waals surface area contributed by atoms with Gasteiger partial charge in [-0.15, -0.1) is 0 Å². The Morgan fingerprint density at radius 2 is 2.05 bits per heavy atom. The minimum atomic E-state index is -0.367. The van der Waals surface area contributed by atoms with Crippen LogP contribution in [0.2, 0.25) is 5.02 Å². The Morgan fingerprint density at radius 1 is 1.26 bits per heavy atom. The average molecular weight is 276 g/mol. The Morgan fingerprint density at radius 3 is 2.84 bits per heavy atom. The zero-order valence-electron chi connectivity index (χ0n) is 10.2. The molecule has 0 saturated heterocycles. The third-order valence-corrected chi connectivity index (χ3v) is 3.38. The van der Waals surface area contributed by atoms with Gasteiger partial charge in [0.15, 0.2) is 0 Å². The minimum Gasteiger partial charge on any atom is -0.369 e. The zero-order chi connectivity index (χ0) is 13.6. The Kier molecular flexibility index (Phi) is 2.68.